The van der Waals surface area contributed by atoms with Crippen LogP contribution in [0.4, 0.5) is 5.95 Å². The summed E-state index contributed by atoms with van der Waals surface area (Å²) in [7, 11) is 2.82. The Kier molecular flexibility index (Phi) is 8.05. The van der Waals surface area contributed by atoms with Gasteiger partial charge >= 0.3 is 0 Å². The smallest absolute Gasteiger partial charge is 0.245 e. The van der Waals surface area contributed by atoms with Gasteiger partial charge in [0.2, 0.25) is 12.0 Å². The van der Waals surface area contributed by atoms with E-state index in [0.717, 1.165) is 0 Å². The van der Waals surface area contributed by atoms with Crippen molar-refractivity contribution < 1.29 is 42.2 Å². The number of aromatic nitrogens is 3. The van der Waals surface area contributed by atoms with Gasteiger partial charge in [-0.25, -0.2) is 0 Å². The molecule has 13 heavy (non-hydrogen) atoms. The second-order valence-electron chi connectivity index (χ2n) is 1.63. The Balaban J connectivity index is 0. The van der Waals surface area contributed by atoms with Crippen LogP contribution in [0.15, 0.2) is 0 Å². The number of methoxy groups -OCH3 is 2. The van der Waals surface area contributed by atoms with E-state index < -0.39 is 0 Å². The molecule has 0 amide bonds. The molecule has 1 aromatic heterocycles. The van der Waals surface area contributed by atoms with E-state index in [9.17, 15) is 0 Å². The minimum absolute atomic E-state index is 0. The molecule has 1 aromatic rings. The number of nitrogens with zero attached hydrogens (tertiary/aromatic N) is 3. The van der Waals surface area contributed by atoms with Crippen molar-refractivity contribution >= 4 is 5.95 Å². The number of nitrogens with one attached hydrogen (secondary N) is 1. The Morgan fingerprint density at radius 1 is 1.00 bits per heavy atom. The summed E-state index contributed by atoms with van der Waals surface area (Å²) in [6.07, 6.45) is 0. The van der Waals surface area contributed by atoms with Crippen LogP contribution in [0.1, 0.15) is 0 Å². The molecule has 0 atom stereocenters. The second kappa shape index (κ2) is 6.97. The van der Waals surface area contributed by atoms with Gasteiger partial charge in [0.05, 0.1) is 14.2 Å². The maximum Gasteiger partial charge on any atom is 0.245 e. The van der Waals surface area contributed by atoms with Crippen LogP contribution in [0.5, 0.6) is 12.0 Å². The zero-order valence-corrected chi connectivity index (χ0v) is 10.6. The van der Waals surface area contributed by atoms with Crippen molar-refractivity contribution in [1.29, 1.82) is 0 Å². The molecule has 0 fully saturated rings. The molecule has 1 radical (unpaired) electrons. The van der Waals surface area contributed by atoms with E-state index in [1.54, 1.807) is 0 Å². The van der Waals surface area contributed by atoms with Gasteiger partial charge in [-0.2, -0.15) is 4.98 Å². The Morgan fingerprint density at radius 3 is 1.69 bits per heavy atom. The van der Waals surface area contributed by atoms with Crippen LogP contribution < -0.4 is 9.47 Å². The molecule has 0 aromatic carbocycles. The molecular weight excluding hydrogens is 249 g/mol. The van der Waals surface area contributed by atoms with Crippen LogP contribution >= 0.6 is 0 Å². The van der Waals surface area contributed by atoms with Crippen molar-refractivity contribution in [3.05, 3.63) is 13.2 Å². The third-order valence-corrected chi connectivity index (χ3v) is 0.960. The summed E-state index contributed by atoms with van der Waals surface area (Å²) < 4.78 is 9.35. The third kappa shape index (κ3) is 4.33. The van der Waals surface area contributed by atoms with E-state index >= 15 is 0 Å². The predicted molar refractivity (Wildman–Crippen MR) is 43.3 cm³/mol. The van der Waals surface area contributed by atoms with E-state index in [1.165, 1.54) is 14.2 Å². The van der Waals surface area contributed by atoms with Gasteiger partial charge in [-0.3, -0.25) is 0 Å². The fourth-order valence-corrected chi connectivity index (χ4v) is 0.521. The van der Waals surface area contributed by atoms with Crippen LogP contribution in [-0.4, -0.2) is 29.2 Å². The van der Waals surface area contributed by atoms with Crippen LogP contribution in [0.2, 0.25) is 0 Å². The van der Waals surface area contributed by atoms with Gasteiger partial charge in [-0.15, -0.1) is 0 Å². The van der Waals surface area contributed by atoms with Gasteiger partial charge in [-0.1, -0.05) is 0 Å². The summed E-state index contributed by atoms with van der Waals surface area (Å²) in [5.74, 6) is -0.172. The SMILES string of the molecule is COc1nc([NH-])nc(OC)n1.[CH3-].[Y]. The molecule has 0 saturated carbocycles. The molecule has 1 rings (SSSR count). The first kappa shape index (κ1) is 15.0. The Labute approximate surface area is 102 Å². The molecule has 0 aliphatic heterocycles. The quantitative estimate of drug-likeness (QED) is 0.740. The van der Waals surface area contributed by atoms with Gasteiger partial charge in [-0.05, 0) is 0 Å². The molecule has 0 saturated heterocycles. The van der Waals surface area contributed by atoms with E-state index in [2.05, 4.69) is 24.4 Å². The Bertz CT molecular complexity index is 236. The molecule has 0 aliphatic carbocycles. The molecular formula is C6H10N4O2Y-2. The van der Waals surface area contributed by atoms with Crippen molar-refractivity contribution in [3.8, 4) is 12.0 Å². The van der Waals surface area contributed by atoms with E-state index in [0.29, 0.717) is 0 Å². The molecule has 0 aliphatic rings. The van der Waals surface area contributed by atoms with Gasteiger partial charge in [0.1, 0.15) is 0 Å². The van der Waals surface area contributed by atoms with Crippen molar-refractivity contribution in [2.24, 2.45) is 0 Å². The van der Waals surface area contributed by atoms with E-state index in [-0.39, 0.29) is 58.1 Å². The number of ether oxygens (including phenoxy) is 2. The van der Waals surface area contributed by atoms with E-state index in [4.69, 9.17) is 5.73 Å². The minimum Gasteiger partial charge on any atom is -0.478 e. The minimum atomic E-state index is -0.172. The average Bonchev–Trinajstić information content (AvgIpc) is 2.03. The molecule has 0 bridgehead atoms. The van der Waals surface area contributed by atoms with Crippen molar-refractivity contribution in [3.63, 3.8) is 0 Å². The number of hydrogen-bond donors (Lipinski definition) is 0. The van der Waals surface area contributed by atoms with Crippen molar-refractivity contribution in [2.45, 2.75) is 0 Å². The zero-order chi connectivity index (χ0) is 8.27. The van der Waals surface area contributed by atoms with Gasteiger partial charge < -0.3 is 32.6 Å². The normalized spacial score (nSPS) is 7.85. The van der Waals surface area contributed by atoms with Crippen LogP contribution in [0, 0.1) is 7.43 Å². The van der Waals surface area contributed by atoms with Crippen molar-refractivity contribution in [2.75, 3.05) is 14.2 Å². The summed E-state index contributed by atoms with van der Waals surface area (Å²) in [6.45, 7) is 0. The molecule has 1 N–H and O–H groups in total. The summed E-state index contributed by atoms with van der Waals surface area (Å²) in [5.41, 5.74) is 7.06. The van der Waals surface area contributed by atoms with Crippen LogP contribution in [0.3, 0.4) is 0 Å². The molecule has 71 valence electrons. The fourth-order valence-electron chi connectivity index (χ4n) is 0.521. The van der Waals surface area contributed by atoms with Crippen LogP contribution in [0.25, 0.3) is 5.73 Å². The summed E-state index contributed by atoms with van der Waals surface area (Å²) in [6, 6.07) is 0.170. The van der Waals surface area contributed by atoms with Gasteiger partial charge in [0.25, 0.3) is 0 Å². The average molecular weight is 259 g/mol. The number of rotatable bonds is 2. The fraction of sp³-hybridized carbons (Fsp3) is 0.333. The van der Waals surface area contributed by atoms with Crippen molar-refractivity contribution in [1.82, 2.24) is 15.0 Å². The third-order valence-electron chi connectivity index (χ3n) is 0.960. The Morgan fingerprint density at radius 2 is 1.38 bits per heavy atom. The molecule has 7 heteroatoms. The van der Waals surface area contributed by atoms with Gasteiger partial charge in [0.15, 0.2) is 0 Å². The maximum absolute atomic E-state index is 7.06. The predicted octanol–water partition coefficient (Wildman–Crippen LogP) is 1.02. The standard InChI is InChI=1S/C5H7N4O2.CH3.Y/c1-10-4-7-3(6)8-5(9-4)11-2;;/h1-2H3,(H-,6,7,8,9);1H3;/q2*-1;. The second-order valence-corrected chi connectivity index (χ2v) is 1.63. The van der Waals surface area contributed by atoms with Crippen LogP contribution in [-0.2, 0) is 32.7 Å². The summed E-state index contributed by atoms with van der Waals surface area (Å²) in [4.78, 5) is 10.8. The largest absolute Gasteiger partial charge is 0.478 e. The maximum atomic E-state index is 7.06. The topological polar surface area (TPSA) is 80.9 Å². The first-order valence-electron chi connectivity index (χ1n) is 2.82. The Hall–Kier alpha value is -0.486. The zero-order valence-electron chi connectivity index (χ0n) is 7.74. The first-order chi connectivity index (χ1) is 5.26. The first-order valence-corrected chi connectivity index (χ1v) is 2.82. The monoisotopic (exact) mass is 259 g/mol. The summed E-state index contributed by atoms with van der Waals surface area (Å²) >= 11 is 0. The molecule has 1 heterocycles. The molecule has 0 spiro atoms. The molecule has 0 unspecified atom stereocenters. The number of hydrogen-bond acceptors (Lipinski definition) is 5. The van der Waals surface area contributed by atoms with E-state index in [1.807, 2.05) is 0 Å². The molecule has 6 nitrogen and oxygen atoms in total. The van der Waals surface area contributed by atoms with Gasteiger partial charge in [0, 0.05) is 38.7 Å². The summed E-state index contributed by atoms with van der Waals surface area (Å²) in [5, 5.41) is 0.